The molecule has 0 radical (unpaired) electrons. The number of aromatic nitrogens is 2. The summed E-state index contributed by atoms with van der Waals surface area (Å²) in [5.41, 5.74) is 1.50. The molecular formula is C30H18Cl2N4O5. The highest BCUT2D eigenvalue weighted by Gasteiger charge is 2.18. The van der Waals surface area contributed by atoms with Gasteiger partial charge in [0.15, 0.2) is 11.5 Å². The molecule has 0 aliphatic heterocycles. The van der Waals surface area contributed by atoms with Gasteiger partial charge in [-0.05, 0) is 54.1 Å². The fourth-order valence-corrected chi connectivity index (χ4v) is 4.60. The van der Waals surface area contributed by atoms with E-state index < -0.39 is 10.5 Å². The Labute approximate surface area is 242 Å². The molecule has 2 heterocycles. The fourth-order valence-electron chi connectivity index (χ4n) is 4.28. The van der Waals surface area contributed by atoms with Gasteiger partial charge in [0, 0.05) is 17.0 Å². The van der Waals surface area contributed by atoms with Crippen LogP contribution in [0.2, 0.25) is 10.0 Å². The van der Waals surface area contributed by atoms with Crippen molar-refractivity contribution in [2.24, 2.45) is 5.10 Å². The van der Waals surface area contributed by atoms with E-state index in [0.717, 1.165) is 10.1 Å². The second kappa shape index (κ2) is 10.9. The van der Waals surface area contributed by atoms with E-state index in [2.05, 4.69) is 10.1 Å². The molecule has 0 N–H and O–H groups in total. The van der Waals surface area contributed by atoms with E-state index in [1.807, 2.05) is 24.3 Å². The van der Waals surface area contributed by atoms with Gasteiger partial charge in [-0.2, -0.15) is 9.78 Å². The molecule has 11 heteroatoms. The number of halogens is 2. The molecule has 9 nitrogen and oxygen atoms in total. The normalized spacial score (nSPS) is 11.5. The van der Waals surface area contributed by atoms with Crippen LogP contribution in [0.4, 0.5) is 5.69 Å². The maximum Gasteiger partial charge on any atom is 0.311 e. The summed E-state index contributed by atoms with van der Waals surface area (Å²) >= 11 is 12.0. The third-order valence-corrected chi connectivity index (χ3v) is 7.02. The van der Waals surface area contributed by atoms with E-state index in [4.69, 9.17) is 32.4 Å². The molecule has 0 atom stereocenters. The lowest BCUT2D eigenvalue weighted by Gasteiger charge is -2.09. The standard InChI is InChI=1S/C30H18Cl2N4O5/c31-22-11-9-19(13-23(22)32)17-40-27-12-10-18(14-25(27)36(38)39)16-33-35-29(28-15-20-5-1-4-8-26(20)41-28)34-24-7-3-2-6-21(24)30(35)37/h1-16H,17H2. The van der Waals surface area contributed by atoms with Gasteiger partial charge in [-0.3, -0.25) is 14.9 Å². The summed E-state index contributed by atoms with van der Waals surface area (Å²) in [6.45, 7) is 0.0458. The van der Waals surface area contributed by atoms with Crippen LogP contribution >= 0.6 is 23.2 Å². The summed E-state index contributed by atoms with van der Waals surface area (Å²) in [6, 6.07) is 25.5. The molecule has 0 unspecified atom stereocenters. The molecule has 0 aliphatic carbocycles. The molecule has 0 aliphatic rings. The smallest absolute Gasteiger partial charge is 0.311 e. The lowest BCUT2D eigenvalue weighted by molar-refractivity contribution is -0.385. The molecule has 0 spiro atoms. The Morgan fingerprint density at radius 3 is 2.59 bits per heavy atom. The zero-order chi connectivity index (χ0) is 28.5. The Bertz CT molecular complexity index is 2020. The monoisotopic (exact) mass is 584 g/mol. The van der Waals surface area contributed by atoms with Crippen LogP contribution in [-0.4, -0.2) is 20.8 Å². The number of rotatable bonds is 7. The quantitative estimate of drug-likeness (QED) is 0.109. The highest BCUT2D eigenvalue weighted by atomic mass is 35.5. The SMILES string of the molecule is O=c1c2ccccc2nc(-c2cc3ccccc3o2)n1N=Cc1ccc(OCc2ccc(Cl)c(Cl)c2)c([N+](=O)[O-])c1. The molecule has 2 aromatic heterocycles. The van der Waals surface area contributed by atoms with Crippen molar-refractivity contribution in [3.8, 4) is 17.3 Å². The summed E-state index contributed by atoms with van der Waals surface area (Å²) < 4.78 is 12.8. The number of hydrogen-bond acceptors (Lipinski definition) is 7. The lowest BCUT2D eigenvalue weighted by atomic mass is 10.2. The number of benzene rings is 4. The van der Waals surface area contributed by atoms with Crippen molar-refractivity contribution in [2.45, 2.75) is 6.61 Å². The van der Waals surface area contributed by atoms with E-state index in [1.54, 1.807) is 54.6 Å². The second-order valence-corrected chi connectivity index (χ2v) is 9.80. The molecule has 6 aromatic rings. The van der Waals surface area contributed by atoms with Gasteiger partial charge in [-0.25, -0.2) is 4.98 Å². The largest absolute Gasteiger partial charge is 0.482 e. The van der Waals surface area contributed by atoms with Gasteiger partial charge < -0.3 is 9.15 Å². The molecule has 0 saturated heterocycles. The highest BCUT2D eigenvalue weighted by Crippen LogP contribution is 2.30. The molecule has 202 valence electrons. The van der Waals surface area contributed by atoms with E-state index in [-0.39, 0.29) is 23.9 Å². The highest BCUT2D eigenvalue weighted by molar-refractivity contribution is 6.42. The molecular weight excluding hydrogens is 567 g/mol. The summed E-state index contributed by atoms with van der Waals surface area (Å²) in [5, 5.41) is 18.2. The Hall–Kier alpha value is -4.99. The molecule has 4 aromatic carbocycles. The van der Waals surface area contributed by atoms with Crippen LogP contribution in [0, 0.1) is 10.1 Å². The first-order valence-electron chi connectivity index (χ1n) is 12.3. The second-order valence-electron chi connectivity index (χ2n) is 8.98. The minimum atomic E-state index is -0.550. The Balaban J connectivity index is 1.37. The first kappa shape index (κ1) is 26.2. The van der Waals surface area contributed by atoms with E-state index in [0.29, 0.717) is 43.4 Å². The zero-order valence-corrected chi connectivity index (χ0v) is 22.5. The number of nitro groups is 1. The van der Waals surface area contributed by atoms with Crippen molar-refractivity contribution in [3.05, 3.63) is 133 Å². The Morgan fingerprint density at radius 1 is 0.976 bits per heavy atom. The van der Waals surface area contributed by atoms with Crippen molar-refractivity contribution in [3.63, 3.8) is 0 Å². The number of furan rings is 1. The summed E-state index contributed by atoms with van der Waals surface area (Å²) in [7, 11) is 0. The van der Waals surface area contributed by atoms with Crippen LogP contribution in [0.25, 0.3) is 33.5 Å². The minimum Gasteiger partial charge on any atom is -0.482 e. The molecule has 0 saturated carbocycles. The van der Waals surface area contributed by atoms with Crippen LogP contribution in [-0.2, 0) is 6.61 Å². The van der Waals surface area contributed by atoms with Gasteiger partial charge in [0.05, 0.1) is 32.1 Å². The third kappa shape index (κ3) is 5.28. The van der Waals surface area contributed by atoms with Gasteiger partial charge in [0.2, 0.25) is 5.82 Å². The third-order valence-electron chi connectivity index (χ3n) is 6.28. The van der Waals surface area contributed by atoms with Crippen LogP contribution < -0.4 is 10.3 Å². The summed E-state index contributed by atoms with van der Waals surface area (Å²) in [6.07, 6.45) is 1.35. The van der Waals surface area contributed by atoms with Crippen molar-refractivity contribution in [1.82, 2.24) is 9.66 Å². The Morgan fingerprint density at radius 2 is 1.78 bits per heavy atom. The molecule has 0 bridgehead atoms. The van der Waals surface area contributed by atoms with Crippen molar-refractivity contribution in [1.29, 1.82) is 0 Å². The Kier molecular flexibility index (Phi) is 6.96. The van der Waals surface area contributed by atoms with Crippen LogP contribution in [0.15, 0.2) is 105 Å². The first-order valence-corrected chi connectivity index (χ1v) is 13.0. The van der Waals surface area contributed by atoms with Crippen LogP contribution in [0.3, 0.4) is 0 Å². The van der Waals surface area contributed by atoms with Crippen LogP contribution in [0.5, 0.6) is 5.75 Å². The maximum absolute atomic E-state index is 13.5. The molecule has 6 rings (SSSR count). The maximum atomic E-state index is 13.5. The average Bonchev–Trinajstić information content (AvgIpc) is 3.42. The number of para-hydroxylation sites is 2. The zero-order valence-electron chi connectivity index (χ0n) is 21.0. The van der Waals surface area contributed by atoms with E-state index in [1.165, 1.54) is 18.3 Å². The topological polar surface area (TPSA) is 113 Å². The summed E-state index contributed by atoms with van der Waals surface area (Å²) in [4.78, 5) is 29.4. The predicted molar refractivity (Wildman–Crippen MR) is 158 cm³/mol. The number of fused-ring (bicyclic) bond motifs is 2. The van der Waals surface area contributed by atoms with Gasteiger partial charge in [-0.15, -0.1) is 0 Å². The van der Waals surface area contributed by atoms with Crippen LogP contribution in [0.1, 0.15) is 11.1 Å². The van der Waals surface area contributed by atoms with E-state index >= 15 is 0 Å². The predicted octanol–water partition coefficient (Wildman–Crippen LogP) is 7.49. The minimum absolute atomic E-state index is 0.0458. The van der Waals surface area contributed by atoms with Gasteiger partial charge >= 0.3 is 5.69 Å². The van der Waals surface area contributed by atoms with Gasteiger partial charge in [0.1, 0.15) is 12.2 Å². The van der Waals surface area contributed by atoms with Crippen molar-refractivity contribution < 1.29 is 14.1 Å². The van der Waals surface area contributed by atoms with Crippen molar-refractivity contribution >= 4 is 57.0 Å². The number of hydrogen-bond donors (Lipinski definition) is 0. The van der Waals surface area contributed by atoms with Gasteiger partial charge in [-0.1, -0.05) is 59.6 Å². The summed E-state index contributed by atoms with van der Waals surface area (Å²) in [5.74, 6) is 0.603. The fraction of sp³-hybridized carbons (Fsp3) is 0.0333. The van der Waals surface area contributed by atoms with Gasteiger partial charge in [0.25, 0.3) is 5.56 Å². The molecule has 0 fully saturated rings. The number of nitro benzene ring substituents is 1. The first-order chi connectivity index (χ1) is 19.9. The molecule has 0 amide bonds. The average molecular weight is 585 g/mol. The lowest BCUT2D eigenvalue weighted by Crippen LogP contribution is -2.20. The number of ether oxygens (including phenoxy) is 1. The van der Waals surface area contributed by atoms with Crippen molar-refractivity contribution in [2.75, 3.05) is 0 Å². The van der Waals surface area contributed by atoms with E-state index in [9.17, 15) is 14.9 Å². The molecule has 41 heavy (non-hydrogen) atoms. The number of nitrogens with zero attached hydrogens (tertiary/aromatic N) is 4.